The van der Waals surface area contributed by atoms with Crippen molar-refractivity contribution in [3.8, 4) is 11.1 Å². The maximum atomic E-state index is 15.3. The number of halogens is 5. The van der Waals surface area contributed by atoms with Gasteiger partial charge in [-0.25, -0.2) is 22.0 Å². The first kappa shape index (κ1) is 19.8. The van der Waals surface area contributed by atoms with Gasteiger partial charge in [-0.05, 0) is 56.2 Å². The van der Waals surface area contributed by atoms with E-state index in [4.69, 9.17) is 4.74 Å². The second kappa shape index (κ2) is 6.56. The third-order valence-corrected chi connectivity index (χ3v) is 5.13. The van der Waals surface area contributed by atoms with Crippen molar-refractivity contribution in [1.82, 2.24) is 5.32 Å². The Morgan fingerprint density at radius 2 is 1.52 bits per heavy atom. The molecular formula is C20H20F5NO. The van der Waals surface area contributed by atoms with Crippen molar-refractivity contribution >= 4 is 0 Å². The summed E-state index contributed by atoms with van der Waals surface area (Å²) in [5, 5.41) is 2.70. The number of nitrogens with one attached hydrogen (secondary N) is 1. The number of alkyl halides is 2. The summed E-state index contributed by atoms with van der Waals surface area (Å²) in [5.74, 6) is -5.95. The van der Waals surface area contributed by atoms with Gasteiger partial charge < -0.3 is 10.1 Å². The van der Waals surface area contributed by atoms with Gasteiger partial charge in [0.05, 0.1) is 6.61 Å². The third kappa shape index (κ3) is 3.23. The molecule has 0 amide bonds. The van der Waals surface area contributed by atoms with Gasteiger partial charge in [0.25, 0.3) is 5.92 Å². The van der Waals surface area contributed by atoms with Gasteiger partial charge in [-0.1, -0.05) is 6.07 Å². The Balaban J connectivity index is 2.18. The Bertz CT molecular complexity index is 847. The molecule has 27 heavy (non-hydrogen) atoms. The molecule has 1 heterocycles. The summed E-state index contributed by atoms with van der Waals surface area (Å²) in [6.07, 6.45) is 0. The third-order valence-electron chi connectivity index (χ3n) is 5.13. The molecule has 2 nitrogen and oxygen atoms in total. The lowest BCUT2D eigenvalue weighted by Gasteiger charge is -2.44. The molecule has 1 fully saturated rings. The van der Waals surface area contributed by atoms with Gasteiger partial charge in [0.15, 0.2) is 0 Å². The van der Waals surface area contributed by atoms with Crippen LogP contribution in [0.2, 0.25) is 0 Å². The van der Waals surface area contributed by atoms with Crippen molar-refractivity contribution in [3.05, 3.63) is 59.4 Å². The zero-order valence-electron chi connectivity index (χ0n) is 15.2. The Labute approximate surface area is 154 Å². The fourth-order valence-corrected chi connectivity index (χ4v) is 3.48. The van der Waals surface area contributed by atoms with Crippen molar-refractivity contribution in [2.45, 2.75) is 37.8 Å². The van der Waals surface area contributed by atoms with Crippen molar-refractivity contribution < 1.29 is 26.7 Å². The molecule has 0 aliphatic carbocycles. The van der Waals surface area contributed by atoms with Gasteiger partial charge in [0.2, 0.25) is 0 Å². The summed E-state index contributed by atoms with van der Waals surface area (Å²) in [4.78, 5) is 0. The molecule has 0 unspecified atom stereocenters. The first-order chi connectivity index (χ1) is 12.5. The second-order valence-corrected chi connectivity index (χ2v) is 7.34. The molecule has 2 aromatic carbocycles. The van der Waals surface area contributed by atoms with Crippen LogP contribution in [0.3, 0.4) is 0 Å². The molecule has 1 saturated heterocycles. The first-order valence-electron chi connectivity index (χ1n) is 8.51. The Morgan fingerprint density at radius 1 is 0.889 bits per heavy atom. The monoisotopic (exact) mass is 385 g/mol. The van der Waals surface area contributed by atoms with Gasteiger partial charge >= 0.3 is 0 Å². The van der Waals surface area contributed by atoms with Crippen LogP contribution in [0.1, 0.15) is 26.3 Å². The molecule has 0 bridgehead atoms. The van der Waals surface area contributed by atoms with E-state index in [9.17, 15) is 13.2 Å². The molecule has 0 spiro atoms. The molecule has 2 aromatic rings. The zero-order chi connectivity index (χ0) is 20.0. The lowest BCUT2D eigenvalue weighted by atomic mass is 9.77. The summed E-state index contributed by atoms with van der Waals surface area (Å²) in [5.41, 5.74) is -3.87. The van der Waals surface area contributed by atoms with Gasteiger partial charge in [-0.3, -0.25) is 0 Å². The van der Waals surface area contributed by atoms with Crippen molar-refractivity contribution in [2.75, 3.05) is 13.2 Å². The molecular weight excluding hydrogens is 365 g/mol. The summed E-state index contributed by atoms with van der Waals surface area (Å²) in [6.45, 7) is 3.84. The molecule has 0 aromatic heterocycles. The minimum Gasteiger partial charge on any atom is -0.368 e. The average Bonchev–Trinajstić information content (AvgIpc) is 2.64. The van der Waals surface area contributed by atoms with E-state index in [1.165, 1.54) is 32.9 Å². The van der Waals surface area contributed by atoms with Gasteiger partial charge in [0, 0.05) is 18.2 Å². The standard InChI is InChI=1S/C20H20F5NO/c1-18(2)20(24,25)19(3,26-6-7-27-18)16-10-12(4-5-17(16)23)13-8-14(21)11-15(22)9-13/h4-5,8-11,26H,6-7H2,1-3H3/t19-/m1/s1. The van der Waals surface area contributed by atoms with Crippen molar-refractivity contribution in [3.63, 3.8) is 0 Å². The zero-order valence-corrected chi connectivity index (χ0v) is 15.2. The normalized spacial score (nSPS) is 24.4. The molecule has 3 rings (SSSR count). The van der Waals surface area contributed by atoms with Gasteiger partial charge in [-0.15, -0.1) is 0 Å². The van der Waals surface area contributed by atoms with Crippen LogP contribution in [-0.4, -0.2) is 24.7 Å². The maximum Gasteiger partial charge on any atom is 0.297 e. The fraction of sp³-hybridized carbons (Fsp3) is 0.400. The highest BCUT2D eigenvalue weighted by Crippen LogP contribution is 2.48. The number of benzene rings is 2. The molecule has 1 atom stereocenters. The minimum absolute atomic E-state index is 0.0363. The number of hydrogen-bond donors (Lipinski definition) is 1. The molecule has 146 valence electrons. The van der Waals surface area contributed by atoms with Crippen LogP contribution in [0.15, 0.2) is 36.4 Å². The Kier molecular flexibility index (Phi) is 4.80. The van der Waals surface area contributed by atoms with E-state index in [-0.39, 0.29) is 29.8 Å². The molecule has 1 N–H and O–H groups in total. The van der Waals surface area contributed by atoms with Crippen LogP contribution < -0.4 is 5.32 Å². The molecule has 0 radical (unpaired) electrons. The smallest absolute Gasteiger partial charge is 0.297 e. The highest BCUT2D eigenvalue weighted by molar-refractivity contribution is 5.65. The van der Waals surface area contributed by atoms with E-state index >= 15 is 8.78 Å². The lowest BCUT2D eigenvalue weighted by Crippen LogP contribution is -2.61. The molecule has 0 saturated carbocycles. The van der Waals surface area contributed by atoms with E-state index in [1.54, 1.807) is 0 Å². The van der Waals surface area contributed by atoms with Crippen LogP contribution in [0.4, 0.5) is 22.0 Å². The molecule has 7 heteroatoms. The lowest BCUT2D eigenvalue weighted by molar-refractivity contribution is -0.216. The van der Waals surface area contributed by atoms with Crippen LogP contribution in [0.5, 0.6) is 0 Å². The van der Waals surface area contributed by atoms with E-state index in [0.29, 0.717) is 6.07 Å². The largest absolute Gasteiger partial charge is 0.368 e. The van der Waals surface area contributed by atoms with Crippen LogP contribution in [-0.2, 0) is 10.3 Å². The van der Waals surface area contributed by atoms with E-state index in [1.807, 2.05) is 0 Å². The Morgan fingerprint density at radius 3 is 2.15 bits per heavy atom. The number of rotatable bonds is 2. The predicted octanol–water partition coefficient (Wildman–Crippen LogP) is 5.02. The maximum absolute atomic E-state index is 15.3. The highest BCUT2D eigenvalue weighted by Gasteiger charge is 2.63. The quantitative estimate of drug-likeness (QED) is 0.733. The number of hydrogen-bond acceptors (Lipinski definition) is 2. The first-order valence-corrected chi connectivity index (χ1v) is 8.51. The van der Waals surface area contributed by atoms with Crippen molar-refractivity contribution in [1.29, 1.82) is 0 Å². The molecule has 1 aliphatic heterocycles. The van der Waals surface area contributed by atoms with Gasteiger partial charge in [-0.2, -0.15) is 0 Å². The van der Waals surface area contributed by atoms with Crippen LogP contribution in [0.25, 0.3) is 11.1 Å². The average molecular weight is 385 g/mol. The molecule has 1 aliphatic rings. The van der Waals surface area contributed by atoms with Crippen molar-refractivity contribution in [2.24, 2.45) is 0 Å². The predicted molar refractivity (Wildman–Crippen MR) is 92.1 cm³/mol. The van der Waals surface area contributed by atoms with E-state index in [0.717, 1.165) is 18.2 Å². The fourth-order valence-electron chi connectivity index (χ4n) is 3.48. The second-order valence-electron chi connectivity index (χ2n) is 7.34. The SMILES string of the molecule is CC1(C)OCCN[C@](C)(c2cc(-c3cc(F)cc(F)c3)ccc2F)C1(F)F. The summed E-state index contributed by atoms with van der Waals surface area (Å²) in [7, 11) is 0. The summed E-state index contributed by atoms with van der Waals surface area (Å²) < 4.78 is 77.7. The highest BCUT2D eigenvalue weighted by atomic mass is 19.3. The van der Waals surface area contributed by atoms with Gasteiger partial charge in [0.1, 0.15) is 28.6 Å². The minimum atomic E-state index is -3.48. The summed E-state index contributed by atoms with van der Waals surface area (Å²) >= 11 is 0. The topological polar surface area (TPSA) is 21.3 Å². The summed E-state index contributed by atoms with van der Waals surface area (Å²) in [6, 6.07) is 6.35. The van der Waals surface area contributed by atoms with Crippen LogP contribution >= 0.6 is 0 Å². The number of ether oxygens (including phenoxy) is 1. The van der Waals surface area contributed by atoms with Crippen LogP contribution in [0, 0.1) is 17.5 Å². The Hall–Kier alpha value is -1.99. The van der Waals surface area contributed by atoms with E-state index < -0.39 is 34.5 Å². The van der Waals surface area contributed by atoms with E-state index in [2.05, 4.69) is 5.32 Å².